The molecule has 1 heterocycles. The van der Waals surface area contributed by atoms with Crippen LogP contribution in [-0.2, 0) is 28.5 Å². The lowest BCUT2D eigenvalue weighted by molar-refractivity contribution is -0.161. The van der Waals surface area contributed by atoms with Crippen molar-refractivity contribution in [2.75, 3.05) is 26.4 Å². The summed E-state index contributed by atoms with van der Waals surface area (Å²) in [4.78, 5) is 24.8. The van der Waals surface area contributed by atoms with E-state index >= 15 is 0 Å². The van der Waals surface area contributed by atoms with Crippen LogP contribution < -0.4 is 0 Å². The van der Waals surface area contributed by atoms with Gasteiger partial charge in [-0.1, -0.05) is 58.6 Å². The minimum absolute atomic E-state index is 0.0251. The maximum atomic E-state index is 12.7. The van der Waals surface area contributed by atoms with E-state index in [1.807, 2.05) is 0 Å². The lowest BCUT2D eigenvalue weighted by atomic mass is 9.67. The molecule has 0 aromatic carbocycles. The summed E-state index contributed by atoms with van der Waals surface area (Å²) in [5.74, 6) is 2.12. The summed E-state index contributed by atoms with van der Waals surface area (Å²) in [6, 6.07) is 0. The molecule has 0 amide bonds. The Morgan fingerprint density at radius 2 is 1.49 bits per heavy atom. The average Bonchev–Trinajstić information content (AvgIpc) is 2.96. The van der Waals surface area contributed by atoms with Gasteiger partial charge < -0.3 is 18.9 Å². The molecule has 2 aliphatic carbocycles. The molecule has 39 heavy (non-hydrogen) atoms. The highest BCUT2D eigenvalue weighted by Gasteiger charge is 2.34. The van der Waals surface area contributed by atoms with Crippen LogP contribution in [0.25, 0.3) is 0 Å². The Morgan fingerprint density at radius 3 is 2.08 bits per heavy atom. The fraction of sp³-hybridized carbons (Fsp3) is 0.818. The fourth-order valence-corrected chi connectivity index (χ4v) is 6.73. The molecule has 3 aliphatic rings. The molecule has 0 aromatic rings. The average molecular weight is 547 g/mol. The molecule has 0 N–H and O–H groups in total. The lowest BCUT2D eigenvalue weighted by Gasteiger charge is -2.39. The maximum Gasteiger partial charge on any atom is 0.335 e. The number of rotatable bonds is 15. The number of carbonyl (C=O) groups excluding carboxylic acids is 2. The van der Waals surface area contributed by atoms with Gasteiger partial charge in [0.2, 0.25) is 0 Å². The maximum absolute atomic E-state index is 12.7. The summed E-state index contributed by atoms with van der Waals surface area (Å²) in [6.07, 6.45) is 18.4. The van der Waals surface area contributed by atoms with Crippen LogP contribution in [0.5, 0.6) is 0 Å². The predicted molar refractivity (Wildman–Crippen MR) is 154 cm³/mol. The van der Waals surface area contributed by atoms with Crippen molar-refractivity contribution in [1.82, 2.24) is 0 Å². The third-order valence-corrected chi connectivity index (χ3v) is 9.33. The molecule has 6 heteroatoms. The third-order valence-electron chi connectivity index (χ3n) is 9.33. The Bertz CT molecular complexity index is 769. The molecule has 3 fully saturated rings. The van der Waals surface area contributed by atoms with Gasteiger partial charge in [-0.3, -0.25) is 0 Å². The van der Waals surface area contributed by atoms with Gasteiger partial charge in [0.25, 0.3) is 0 Å². The normalized spacial score (nSPS) is 28.3. The van der Waals surface area contributed by atoms with Crippen LogP contribution >= 0.6 is 0 Å². The second kappa shape index (κ2) is 17.2. The second-order valence-corrected chi connectivity index (χ2v) is 12.4. The summed E-state index contributed by atoms with van der Waals surface area (Å²) >= 11 is 0. The number of esters is 2. The van der Waals surface area contributed by atoms with Crippen LogP contribution in [0.15, 0.2) is 24.3 Å². The SMILES string of the molecule is C=C(C)C(=O)OCC(COC(=O)C(=C)COC1CCCCO1)C1CCC(C2CCC(CCCCC)CC2)CC1. The molecule has 0 bridgehead atoms. The number of unbranched alkanes of at least 4 members (excludes halogenated alkanes) is 2. The van der Waals surface area contributed by atoms with Crippen molar-refractivity contribution in [2.45, 2.75) is 116 Å². The van der Waals surface area contributed by atoms with Crippen LogP contribution in [0, 0.1) is 29.6 Å². The first kappa shape index (κ1) is 31.9. The Balaban J connectivity index is 1.44. The second-order valence-electron chi connectivity index (χ2n) is 12.4. The molecule has 0 radical (unpaired) electrons. The van der Waals surface area contributed by atoms with E-state index in [-0.39, 0.29) is 43.6 Å². The van der Waals surface area contributed by atoms with E-state index in [1.54, 1.807) is 6.92 Å². The van der Waals surface area contributed by atoms with Crippen molar-refractivity contribution in [1.29, 1.82) is 0 Å². The van der Waals surface area contributed by atoms with E-state index in [4.69, 9.17) is 18.9 Å². The number of ether oxygens (including phenoxy) is 4. The predicted octanol–water partition coefficient (Wildman–Crippen LogP) is 7.56. The highest BCUT2D eigenvalue weighted by molar-refractivity contribution is 5.88. The molecule has 0 aromatic heterocycles. The Kier molecular flexibility index (Phi) is 14.1. The molecule has 1 aliphatic heterocycles. The summed E-state index contributed by atoms with van der Waals surface area (Å²) in [6.45, 7) is 12.8. The zero-order chi connectivity index (χ0) is 28.0. The van der Waals surface area contributed by atoms with Gasteiger partial charge in [0.1, 0.15) is 0 Å². The first-order chi connectivity index (χ1) is 18.9. The van der Waals surface area contributed by atoms with Crippen LogP contribution in [0.2, 0.25) is 0 Å². The van der Waals surface area contributed by atoms with Gasteiger partial charge in [0, 0.05) is 18.1 Å². The summed E-state index contributed by atoms with van der Waals surface area (Å²) < 4.78 is 22.5. The third kappa shape index (κ3) is 11.0. The number of hydrogen-bond donors (Lipinski definition) is 0. The number of hydrogen-bond acceptors (Lipinski definition) is 6. The molecule has 2 atom stereocenters. The van der Waals surface area contributed by atoms with E-state index in [9.17, 15) is 9.59 Å². The molecule has 0 spiro atoms. The standard InChI is InChI=1S/C33H54O6/c1-5-6-7-10-26-12-14-27(15-13-26)28-16-18-29(19-17-28)30(22-38-32(34)24(2)3)23-39-33(35)25(4)21-37-31-11-8-9-20-36-31/h26-31H,2,4-23H2,1,3H3. The van der Waals surface area contributed by atoms with Crippen molar-refractivity contribution in [3.05, 3.63) is 24.3 Å². The molecule has 1 saturated heterocycles. The van der Waals surface area contributed by atoms with Crippen LogP contribution in [0.4, 0.5) is 0 Å². The minimum Gasteiger partial charge on any atom is -0.462 e. The first-order valence-electron chi connectivity index (χ1n) is 15.8. The van der Waals surface area contributed by atoms with Crippen molar-refractivity contribution in [3.63, 3.8) is 0 Å². The quantitative estimate of drug-likeness (QED) is 0.120. The monoisotopic (exact) mass is 546 g/mol. The number of carbonyl (C=O) groups is 2. The van der Waals surface area contributed by atoms with Crippen molar-refractivity contribution < 1.29 is 28.5 Å². The van der Waals surface area contributed by atoms with E-state index in [0.717, 1.165) is 49.9 Å². The molecular formula is C33H54O6. The molecular weight excluding hydrogens is 492 g/mol. The molecule has 2 unspecified atom stereocenters. The fourth-order valence-electron chi connectivity index (χ4n) is 6.73. The highest BCUT2D eigenvalue weighted by atomic mass is 16.7. The first-order valence-corrected chi connectivity index (χ1v) is 15.8. The molecule has 222 valence electrons. The summed E-state index contributed by atoms with van der Waals surface area (Å²) in [7, 11) is 0. The van der Waals surface area contributed by atoms with Gasteiger partial charge in [-0.2, -0.15) is 0 Å². The highest BCUT2D eigenvalue weighted by Crippen LogP contribution is 2.43. The van der Waals surface area contributed by atoms with E-state index in [1.165, 1.54) is 64.2 Å². The van der Waals surface area contributed by atoms with Crippen molar-refractivity contribution >= 4 is 11.9 Å². The van der Waals surface area contributed by atoms with Gasteiger partial charge in [0.15, 0.2) is 6.29 Å². The Hall–Kier alpha value is -1.66. The Labute approximate surface area is 237 Å². The molecule has 6 nitrogen and oxygen atoms in total. The Morgan fingerprint density at radius 1 is 0.846 bits per heavy atom. The van der Waals surface area contributed by atoms with Gasteiger partial charge in [-0.15, -0.1) is 0 Å². The zero-order valence-corrected chi connectivity index (χ0v) is 24.8. The van der Waals surface area contributed by atoms with E-state index in [2.05, 4.69) is 20.1 Å². The van der Waals surface area contributed by atoms with E-state index in [0.29, 0.717) is 18.1 Å². The lowest BCUT2D eigenvalue weighted by Crippen LogP contribution is -2.33. The summed E-state index contributed by atoms with van der Waals surface area (Å²) in [5.41, 5.74) is 0.672. The minimum atomic E-state index is -0.452. The van der Waals surface area contributed by atoms with Gasteiger partial charge in [-0.25, -0.2) is 9.59 Å². The molecule has 2 saturated carbocycles. The molecule has 3 rings (SSSR count). The van der Waals surface area contributed by atoms with Gasteiger partial charge >= 0.3 is 11.9 Å². The smallest absolute Gasteiger partial charge is 0.335 e. The van der Waals surface area contributed by atoms with E-state index < -0.39 is 5.97 Å². The van der Waals surface area contributed by atoms with Crippen LogP contribution in [0.3, 0.4) is 0 Å². The van der Waals surface area contributed by atoms with Crippen LogP contribution in [-0.4, -0.2) is 44.7 Å². The van der Waals surface area contributed by atoms with Crippen LogP contribution in [0.1, 0.15) is 110 Å². The topological polar surface area (TPSA) is 71.1 Å². The zero-order valence-electron chi connectivity index (χ0n) is 24.8. The van der Waals surface area contributed by atoms with Gasteiger partial charge in [-0.05, 0) is 88.4 Å². The van der Waals surface area contributed by atoms with Crippen molar-refractivity contribution in [2.24, 2.45) is 29.6 Å². The van der Waals surface area contributed by atoms with Gasteiger partial charge in [0.05, 0.1) is 25.4 Å². The largest absolute Gasteiger partial charge is 0.462 e. The summed E-state index contributed by atoms with van der Waals surface area (Å²) in [5, 5.41) is 0. The van der Waals surface area contributed by atoms with Crippen molar-refractivity contribution in [3.8, 4) is 0 Å².